The number of carbonyl (C=O) groups excluding carboxylic acids is 1. The monoisotopic (exact) mass is 343 g/mol. The fourth-order valence-electron chi connectivity index (χ4n) is 3.54. The highest BCUT2D eigenvalue weighted by Gasteiger charge is 2.27. The molecule has 0 aliphatic rings. The number of ether oxygens (including phenoxy) is 1. The van der Waals surface area contributed by atoms with E-state index in [4.69, 9.17) is 4.74 Å². The van der Waals surface area contributed by atoms with Crippen LogP contribution in [0.4, 0.5) is 0 Å². The van der Waals surface area contributed by atoms with Crippen molar-refractivity contribution in [1.29, 1.82) is 0 Å². The molecule has 0 saturated carbocycles. The number of rotatable bonds is 5. The lowest BCUT2D eigenvalue weighted by Gasteiger charge is -2.20. The number of carbonyl (C=O) groups is 1. The summed E-state index contributed by atoms with van der Waals surface area (Å²) in [6, 6.07) is 25.8. The van der Waals surface area contributed by atoms with Crippen LogP contribution in [0.3, 0.4) is 0 Å². The van der Waals surface area contributed by atoms with Gasteiger partial charge < -0.3 is 9.30 Å². The Kier molecular flexibility index (Phi) is 4.44. The van der Waals surface area contributed by atoms with Gasteiger partial charge in [-0.25, -0.2) is 4.79 Å². The Labute approximate surface area is 152 Å². The highest BCUT2D eigenvalue weighted by molar-refractivity contribution is 6.09. The van der Waals surface area contributed by atoms with Crippen molar-refractivity contribution in [2.45, 2.75) is 19.4 Å². The van der Waals surface area contributed by atoms with Crippen LogP contribution in [0.5, 0.6) is 0 Å². The SMILES string of the molecule is CCCOC(=O)C(c1ccccc1)n1c2ccccc2c2ccccc21. The molecule has 0 aliphatic carbocycles. The van der Waals surface area contributed by atoms with Crippen molar-refractivity contribution in [3.63, 3.8) is 0 Å². The zero-order chi connectivity index (χ0) is 17.9. The first-order valence-electron chi connectivity index (χ1n) is 9.00. The van der Waals surface area contributed by atoms with E-state index >= 15 is 0 Å². The van der Waals surface area contributed by atoms with Gasteiger partial charge in [0.05, 0.1) is 17.6 Å². The molecule has 0 saturated heterocycles. The van der Waals surface area contributed by atoms with Gasteiger partial charge in [0.15, 0.2) is 6.04 Å². The number of hydrogen-bond donors (Lipinski definition) is 0. The third kappa shape index (κ3) is 2.76. The summed E-state index contributed by atoms with van der Waals surface area (Å²) in [6.07, 6.45) is 0.806. The lowest BCUT2D eigenvalue weighted by molar-refractivity contribution is -0.146. The van der Waals surface area contributed by atoms with Gasteiger partial charge in [-0.3, -0.25) is 0 Å². The zero-order valence-electron chi connectivity index (χ0n) is 14.8. The number of esters is 1. The van der Waals surface area contributed by atoms with E-state index in [2.05, 4.69) is 28.8 Å². The molecule has 0 bridgehead atoms. The van der Waals surface area contributed by atoms with Crippen LogP contribution in [-0.4, -0.2) is 17.1 Å². The van der Waals surface area contributed by atoms with E-state index in [0.717, 1.165) is 33.8 Å². The van der Waals surface area contributed by atoms with Crippen molar-refractivity contribution in [2.75, 3.05) is 6.61 Å². The largest absolute Gasteiger partial charge is 0.464 e. The summed E-state index contributed by atoms with van der Waals surface area (Å²) >= 11 is 0. The molecule has 0 amide bonds. The van der Waals surface area contributed by atoms with E-state index in [-0.39, 0.29) is 5.97 Å². The predicted octanol–water partition coefficient (Wildman–Crippen LogP) is 5.34. The summed E-state index contributed by atoms with van der Waals surface area (Å²) in [5.74, 6) is -0.218. The highest BCUT2D eigenvalue weighted by atomic mass is 16.5. The highest BCUT2D eigenvalue weighted by Crippen LogP contribution is 2.34. The summed E-state index contributed by atoms with van der Waals surface area (Å²) in [5.41, 5.74) is 3.01. The molecule has 3 nitrogen and oxygen atoms in total. The molecule has 130 valence electrons. The van der Waals surface area contributed by atoms with Crippen molar-refractivity contribution in [2.24, 2.45) is 0 Å². The Morgan fingerprint density at radius 1 is 0.846 bits per heavy atom. The van der Waals surface area contributed by atoms with Crippen molar-refractivity contribution >= 4 is 27.8 Å². The summed E-state index contributed by atoms with van der Waals surface area (Å²) < 4.78 is 7.68. The maximum Gasteiger partial charge on any atom is 0.333 e. The van der Waals surface area contributed by atoms with E-state index in [1.165, 1.54) is 0 Å². The minimum Gasteiger partial charge on any atom is -0.464 e. The number of hydrogen-bond acceptors (Lipinski definition) is 2. The molecule has 1 unspecified atom stereocenters. The number of benzene rings is 3. The lowest BCUT2D eigenvalue weighted by atomic mass is 10.1. The first kappa shape index (κ1) is 16.4. The number of para-hydroxylation sites is 2. The topological polar surface area (TPSA) is 31.2 Å². The molecule has 0 aliphatic heterocycles. The number of fused-ring (bicyclic) bond motifs is 3. The van der Waals surface area contributed by atoms with Crippen LogP contribution < -0.4 is 0 Å². The van der Waals surface area contributed by atoms with Gasteiger partial charge in [0.2, 0.25) is 0 Å². The van der Waals surface area contributed by atoms with Gasteiger partial charge >= 0.3 is 5.97 Å². The molecule has 4 aromatic rings. The second kappa shape index (κ2) is 7.04. The second-order valence-electron chi connectivity index (χ2n) is 6.39. The molecule has 1 atom stereocenters. The van der Waals surface area contributed by atoms with Gasteiger partial charge in [0, 0.05) is 10.8 Å². The van der Waals surface area contributed by atoms with Gasteiger partial charge in [-0.15, -0.1) is 0 Å². The molecule has 3 heteroatoms. The second-order valence-corrected chi connectivity index (χ2v) is 6.39. The van der Waals surface area contributed by atoms with E-state index in [1.54, 1.807) is 0 Å². The molecule has 4 rings (SSSR count). The Morgan fingerprint density at radius 2 is 1.38 bits per heavy atom. The van der Waals surface area contributed by atoms with Crippen molar-refractivity contribution in [1.82, 2.24) is 4.57 Å². The van der Waals surface area contributed by atoms with E-state index < -0.39 is 6.04 Å². The third-order valence-electron chi connectivity index (χ3n) is 4.66. The maximum absolute atomic E-state index is 13.0. The summed E-state index contributed by atoms with van der Waals surface area (Å²) in [6.45, 7) is 2.44. The molecular formula is C23H21NO2. The van der Waals surface area contributed by atoms with Crippen LogP contribution in [0.2, 0.25) is 0 Å². The fourth-order valence-corrected chi connectivity index (χ4v) is 3.54. The molecule has 1 aromatic heterocycles. The third-order valence-corrected chi connectivity index (χ3v) is 4.66. The van der Waals surface area contributed by atoms with Crippen molar-refractivity contribution < 1.29 is 9.53 Å². The van der Waals surface area contributed by atoms with E-state index in [0.29, 0.717) is 6.61 Å². The minimum atomic E-state index is -0.507. The summed E-state index contributed by atoms with van der Waals surface area (Å²) in [4.78, 5) is 13.0. The van der Waals surface area contributed by atoms with Crippen molar-refractivity contribution in [3.05, 3.63) is 84.4 Å². The predicted molar refractivity (Wildman–Crippen MR) is 105 cm³/mol. The average Bonchev–Trinajstić information content (AvgIpc) is 3.02. The minimum absolute atomic E-state index is 0.218. The Hall–Kier alpha value is -3.07. The molecule has 0 radical (unpaired) electrons. The lowest BCUT2D eigenvalue weighted by Crippen LogP contribution is -2.23. The summed E-state index contributed by atoms with van der Waals surface area (Å²) in [5, 5.41) is 2.29. The van der Waals surface area contributed by atoms with Crippen LogP contribution in [-0.2, 0) is 9.53 Å². The molecule has 1 heterocycles. The van der Waals surface area contributed by atoms with Crippen LogP contribution in [0.25, 0.3) is 21.8 Å². The van der Waals surface area contributed by atoms with Crippen LogP contribution in [0, 0.1) is 0 Å². The van der Waals surface area contributed by atoms with Gasteiger partial charge in [-0.05, 0) is 24.1 Å². The van der Waals surface area contributed by atoms with E-state index in [9.17, 15) is 4.79 Å². The van der Waals surface area contributed by atoms with Gasteiger partial charge in [-0.1, -0.05) is 73.7 Å². The summed E-state index contributed by atoms with van der Waals surface area (Å²) in [7, 11) is 0. The standard InChI is InChI=1S/C23H21NO2/c1-2-16-26-23(25)22(17-10-4-3-5-11-17)24-20-14-8-6-12-18(20)19-13-7-9-15-21(19)24/h3-15,22H,2,16H2,1H3. The maximum atomic E-state index is 13.0. The molecular weight excluding hydrogens is 322 g/mol. The van der Waals surface area contributed by atoms with Crippen molar-refractivity contribution in [3.8, 4) is 0 Å². The Balaban J connectivity index is 2.00. The molecule has 0 fully saturated rings. The first-order chi connectivity index (χ1) is 12.8. The van der Waals surface area contributed by atoms with Gasteiger partial charge in [-0.2, -0.15) is 0 Å². The molecule has 26 heavy (non-hydrogen) atoms. The van der Waals surface area contributed by atoms with E-state index in [1.807, 2.05) is 61.5 Å². The fraction of sp³-hybridized carbons (Fsp3) is 0.174. The average molecular weight is 343 g/mol. The molecule has 3 aromatic carbocycles. The van der Waals surface area contributed by atoms with Crippen LogP contribution in [0.15, 0.2) is 78.9 Å². The normalized spacial score (nSPS) is 12.3. The van der Waals surface area contributed by atoms with Gasteiger partial charge in [0.25, 0.3) is 0 Å². The Morgan fingerprint density at radius 3 is 1.96 bits per heavy atom. The quantitative estimate of drug-likeness (QED) is 0.458. The first-order valence-corrected chi connectivity index (χ1v) is 9.00. The van der Waals surface area contributed by atoms with Gasteiger partial charge in [0.1, 0.15) is 0 Å². The Bertz CT molecular complexity index is 996. The molecule has 0 spiro atoms. The number of aromatic nitrogens is 1. The number of nitrogens with zero attached hydrogens (tertiary/aromatic N) is 1. The zero-order valence-corrected chi connectivity index (χ0v) is 14.8. The molecule has 0 N–H and O–H groups in total. The van der Waals surface area contributed by atoms with Crippen LogP contribution >= 0.6 is 0 Å². The van der Waals surface area contributed by atoms with Crippen LogP contribution in [0.1, 0.15) is 24.9 Å². The smallest absolute Gasteiger partial charge is 0.333 e.